The van der Waals surface area contributed by atoms with Crippen molar-refractivity contribution in [2.24, 2.45) is 5.73 Å². The van der Waals surface area contributed by atoms with E-state index in [0.717, 1.165) is 0 Å². The van der Waals surface area contributed by atoms with E-state index >= 15 is 0 Å². The summed E-state index contributed by atoms with van der Waals surface area (Å²) < 4.78 is 13.5. The third-order valence-electron chi connectivity index (χ3n) is 3.50. The lowest BCUT2D eigenvalue weighted by Crippen LogP contribution is -2.45. The Balaban J connectivity index is 2.00. The van der Waals surface area contributed by atoms with E-state index in [1.54, 1.807) is 19.1 Å². The van der Waals surface area contributed by atoms with E-state index < -0.39 is 11.9 Å². The fourth-order valence-corrected chi connectivity index (χ4v) is 4.49. The highest BCUT2D eigenvalue weighted by molar-refractivity contribution is 7.99. The van der Waals surface area contributed by atoms with Crippen molar-refractivity contribution in [2.45, 2.75) is 13.0 Å². The van der Waals surface area contributed by atoms with Crippen LogP contribution < -0.4 is 5.73 Å². The summed E-state index contributed by atoms with van der Waals surface area (Å²) in [7, 11) is 0. The molecule has 0 unspecified atom stereocenters. The lowest BCUT2D eigenvalue weighted by Gasteiger charge is -2.20. The van der Waals surface area contributed by atoms with Gasteiger partial charge in [-0.25, -0.2) is 9.37 Å². The van der Waals surface area contributed by atoms with Crippen molar-refractivity contribution in [3.8, 4) is 10.4 Å². The number of thiazole rings is 1. The molecule has 1 fully saturated rings. The molecule has 120 valence electrons. The minimum Gasteiger partial charge on any atom is -0.368 e. The first kappa shape index (κ1) is 15.9. The van der Waals surface area contributed by atoms with Crippen LogP contribution in [-0.2, 0) is 4.79 Å². The first-order chi connectivity index (χ1) is 11.0. The van der Waals surface area contributed by atoms with Gasteiger partial charge in [-0.1, -0.05) is 12.1 Å². The number of aryl methyl sites for hydroxylation is 1. The summed E-state index contributed by atoms with van der Waals surface area (Å²) in [6, 6.07) is 5.41. The number of benzene rings is 1. The number of thioether (sulfide) groups is 1. The molecule has 1 aromatic carbocycles. The van der Waals surface area contributed by atoms with Crippen molar-refractivity contribution in [3.63, 3.8) is 0 Å². The van der Waals surface area contributed by atoms with E-state index in [1.165, 1.54) is 40.1 Å². The topological polar surface area (TPSA) is 76.3 Å². The number of carbonyl (C=O) groups is 2. The minimum atomic E-state index is -0.630. The van der Waals surface area contributed by atoms with Crippen LogP contribution in [0.2, 0.25) is 0 Å². The number of nitrogens with zero attached hydrogens (tertiary/aromatic N) is 2. The second-order valence-corrected chi connectivity index (χ2v) is 7.32. The first-order valence-corrected chi connectivity index (χ1v) is 8.86. The van der Waals surface area contributed by atoms with Crippen LogP contribution in [0.5, 0.6) is 0 Å². The van der Waals surface area contributed by atoms with Gasteiger partial charge in [0.05, 0.1) is 15.8 Å². The molecule has 2 heterocycles. The summed E-state index contributed by atoms with van der Waals surface area (Å²) in [6.45, 7) is 1.79. The quantitative estimate of drug-likeness (QED) is 0.920. The van der Waals surface area contributed by atoms with E-state index in [2.05, 4.69) is 4.98 Å². The number of aromatic nitrogens is 1. The van der Waals surface area contributed by atoms with E-state index in [9.17, 15) is 14.0 Å². The Morgan fingerprint density at radius 1 is 1.43 bits per heavy atom. The molecule has 0 saturated carbocycles. The van der Waals surface area contributed by atoms with Crippen molar-refractivity contribution in [1.82, 2.24) is 9.88 Å². The Morgan fingerprint density at radius 3 is 2.91 bits per heavy atom. The molecule has 0 aliphatic carbocycles. The van der Waals surface area contributed by atoms with E-state index in [1.807, 2.05) is 0 Å². The molecule has 0 spiro atoms. The molecule has 0 bridgehead atoms. The molecular weight excluding hydrogens is 337 g/mol. The number of hydrogen-bond acceptors (Lipinski definition) is 5. The Kier molecular flexibility index (Phi) is 4.36. The highest BCUT2D eigenvalue weighted by atomic mass is 32.2. The van der Waals surface area contributed by atoms with Gasteiger partial charge in [0.2, 0.25) is 5.91 Å². The van der Waals surface area contributed by atoms with Gasteiger partial charge in [0.25, 0.3) is 5.91 Å². The standard InChI is InChI=1S/C15H14FN3O2S2/c1-8-18-12(13(23-8)9-3-2-4-10(16)5-9)15(21)19-7-22-6-11(19)14(17)20/h2-5,11H,6-7H2,1H3,(H2,17,20)/t11-/m0/s1. The average Bonchev–Trinajstić information content (AvgIpc) is 3.13. The molecule has 5 nitrogen and oxygen atoms in total. The van der Waals surface area contributed by atoms with E-state index in [0.29, 0.717) is 27.1 Å². The SMILES string of the molecule is Cc1nc(C(=O)N2CSC[C@H]2C(N)=O)c(-c2cccc(F)c2)s1. The van der Waals surface area contributed by atoms with Crippen LogP contribution in [0.3, 0.4) is 0 Å². The molecule has 2 N–H and O–H groups in total. The average molecular weight is 351 g/mol. The monoisotopic (exact) mass is 351 g/mol. The number of nitrogens with two attached hydrogens (primary N) is 1. The second-order valence-electron chi connectivity index (χ2n) is 5.11. The minimum absolute atomic E-state index is 0.242. The molecule has 23 heavy (non-hydrogen) atoms. The van der Waals surface area contributed by atoms with Gasteiger partial charge >= 0.3 is 0 Å². The summed E-state index contributed by atoms with van der Waals surface area (Å²) in [6.07, 6.45) is 0. The van der Waals surface area contributed by atoms with Crippen LogP contribution in [-0.4, -0.2) is 39.4 Å². The maximum absolute atomic E-state index is 13.5. The van der Waals surface area contributed by atoms with Gasteiger partial charge in [0.15, 0.2) is 0 Å². The molecule has 2 amide bonds. The van der Waals surface area contributed by atoms with Gasteiger partial charge in [-0.2, -0.15) is 0 Å². The zero-order valence-corrected chi connectivity index (χ0v) is 13.9. The summed E-state index contributed by atoms with van der Waals surface area (Å²) in [5.41, 5.74) is 6.21. The van der Waals surface area contributed by atoms with Crippen LogP contribution in [0, 0.1) is 12.7 Å². The Morgan fingerprint density at radius 2 is 2.22 bits per heavy atom. The lowest BCUT2D eigenvalue weighted by molar-refractivity contribution is -0.121. The molecule has 0 radical (unpaired) electrons. The zero-order chi connectivity index (χ0) is 16.6. The van der Waals surface area contributed by atoms with Crippen LogP contribution in [0.15, 0.2) is 24.3 Å². The predicted octanol–water partition coefficient (Wildman–Crippen LogP) is 2.26. The highest BCUT2D eigenvalue weighted by Crippen LogP contribution is 2.33. The third-order valence-corrected chi connectivity index (χ3v) is 5.53. The molecular formula is C15H14FN3O2S2. The molecule has 1 aromatic heterocycles. The Labute approximate surface area is 140 Å². The van der Waals surface area contributed by atoms with Gasteiger partial charge in [0.1, 0.15) is 17.6 Å². The first-order valence-electron chi connectivity index (χ1n) is 6.89. The predicted molar refractivity (Wildman–Crippen MR) is 88.7 cm³/mol. The number of primary amides is 1. The fourth-order valence-electron chi connectivity index (χ4n) is 2.41. The second kappa shape index (κ2) is 6.29. The largest absolute Gasteiger partial charge is 0.368 e. The molecule has 1 atom stereocenters. The summed E-state index contributed by atoms with van der Waals surface area (Å²) >= 11 is 2.80. The van der Waals surface area contributed by atoms with Crippen molar-refractivity contribution < 1.29 is 14.0 Å². The van der Waals surface area contributed by atoms with Crippen LogP contribution >= 0.6 is 23.1 Å². The smallest absolute Gasteiger partial charge is 0.275 e. The lowest BCUT2D eigenvalue weighted by atomic mass is 10.1. The molecule has 1 saturated heterocycles. The van der Waals surface area contributed by atoms with Crippen molar-refractivity contribution in [2.75, 3.05) is 11.6 Å². The molecule has 8 heteroatoms. The number of hydrogen-bond donors (Lipinski definition) is 1. The normalized spacial score (nSPS) is 17.5. The van der Waals surface area contributed by atoms with Crippen LogP contribution in [0.25, 0.3) is 10.4 Å². The number of amides is 2. The van der Waals surface area contributed by atoms with Crippen molar-refractivity contribution in [3.05, 3.63) is 40.8 Å². The van der Waals surface area contributed by atoms with Gasteiger partial charge in [-0.3, -0.25) is 9.59 Å². The van der Waals surface area contributed by atoms with Gasteiger partial charge in [0, 0.05) is 5.75 Å². The van der Waals surface area contributed by atoms with Crippen molar-refractivity contribution >= 4 is 34.9 Å². The Hall–Kier alpha value is -1.93. The summed E-state index contributed by atoms with van der Waals surface area (Å²) in [5.74, 6) is -0.367. The zero-order valence-electron chi connectivity index (χ0n) is 12.3. The fraction of sp³-hybridized carbons (Fsp3) is 0.267. The number of halogens is 1. The van der Waals surface area contributed by atoms with Crippen molar-refractivity contribution in [1.29, 1.82) is 0 Å². The van der Waals surface area contributed by atoms with Crippen LogP contribution in [0.1, 0.15) is 15.5 Å². The highest BCUT2D eigenvalue weighted by Gasteiger charge is 2.36. The third kappa shape index (κ3) is 3.09. The maximum Gasteiger partial charge on any atom is 0.275 e. The molecule has 3 rings (SSSR count). The number of rotatable bonds is 3. The van der Waals surface area contributed by atoms with E-state index in [4.69, 9.17) is 5.73 Å². The van der Waals surface area contributed by atoms with Gasteiger partial charge < -0.3 is 10.6 Å². The molecule has 2 aromatic rings. The van der Waals surface area contributed by atoms with Gasteiger partial charge in [-0.15, -0.1) is 23.1 Å². The molecule has 1 aliphatic heterocycles. The molecule has 1 aliphatic rings. The van der Waals surface area contributed by atoms with E-state index in [-0.39, 0.29) is 17.4 Å². The summed E-state index contributed by atoms with van der Waals surface area (Å²) in [4.78, 5) is 30.6. The number of carbonyl (C=O) groups excluding carboxylic acids is 2. The van der Waals surface area contributed by atoms with Gasteiger partial charge in [-0.05, 0) is 24.6 Å². The maximum atomic E-state index is 13.5. The Bertz CT molecular complexity index is 778. The summed E-state index contributed by atoms with van der Waals surface area (Å²) in [5, 5.41) is 0.704. The van der Waals surface area contributed by atoms with Crippen LogP contribution in [0.4, 0.5) is 4.39 Å².